The minimum absolute atomic E-state index is 0.0413. The fraction of sp³-hybridized carbons (Fsp3) is 0.857. The van der Waals surface area contributed by atoms with E-state index in [1.807, 2.05) is 0 Å². The second kappa shape index (κ2) is 3.15. The maximum Gasteiger partial charge on any atom is 0.248 e. The highest BCUT2D eigenvalue weighted by Crippen LogP contribution is 2.35. The van der Waals surface area contributed by atoms with Crippen LogP contribution in [0.15, 0.2) is 5.16 Å². The van der Waals surface area contributed by atoms with Gasteiger partial charge in [-0.1, -0.05) is 0 Å². The van der Waals surface area contributed by atoms with Crippen LogP contribution in [0.1, 0.15) is 25.7 Å². The third-order valence-corrected chi connectivity index (χ3v) is 2.04. The Kier molecular flexibility index (Phi) is 2.42. The quantitative estimate of drug-likeness (QED) is 0.359. The van der Waals surface area contributed by atoms with Crippen LogP contribution < -0.4 is 0 Å². The summed E-state index contributed by atoms with van der Waals surface area (Å²) in [6.45, 7) is 0. The predicted octanol–water partition coefficient (Wildman–Crippen LogP) is 2.27. The van der Waals surface area contributed by atoms with E-state index in [9.17, 15) is 8.78 Å². The molecule has 0 saturated heterocycles. The van der Waals surface area contributed by atoms with Crippen molar-refractivity contribution in [3.05, 3.63) is 0 Å². The Morgan fingerprint density at radius 1 is 1.36 bits per heavy atom. The van der Waals surface area contributed by atoms with E-state index in [2.05, 4.69) is 5.16 Å². The first-order chi connectivity index (χ1) is 5.14. The lowest BCUT2D eigenvalue weighted by Crippen LogP contribution is -2.25. The lowest BCUT2D eigenvalue weighted by atomic mass is 9.88. The number of oxime groups is 1. The predicted molar refractivity (Wildman–Crippen MR) is 37.2 cm³/mol. The summed E-state index contributed by atoms with van der Waals surface area (Å²) in [7, 11) is 0. The van der Waals surface area contributed by atoms with Gasteiger partial charge in [0, 0.05) is 19.1 Å². The molecule has 0 aromatic carbocycles. The van der Waals surface area contributed by atoms with Crippen molar-refractivity contribution in [2.45, 2.75) is 31.6 Å². The van der Waals surface area contributed by atoms with Gasteiger partial charge in [0.2, 0.25) is 5.92 Å². The Morgan fingerprint density at radius 3 is 2.36 bits per heavy atom. The SMILES string of the molecule is O/N=C/C1CCC(F)(F)CC1. The minimum atomic E-state index is -2.49. The van der Waals surface area contributed by atoms with Crippen molar-refractivity contribution in [1.82, 2.24) is 0 Å². The summed E-state index contributed by atoms with van der Waals surface area (Å²) in [4.78, 5) is 0. The smallest absolute Gasteiger partial charge is 0.248 e. The van der Waals surface area contributed by atoms with Gasteiger partial charge in [-0.25, -0.2) is 8.78 Å². The molecule has 0 heterocycles. The average molecular weight is 163 g/mol. The monoisotopic (exact) mass is 163 g/mol. The molecule has 0 bridgehead atoms. The normalized spacial score (nSPS) is 26.0. The van der Waals surface area contributed by atoms with Crippen molar-refractivity contribution in [1.29, 1.82) is 0 Å². The lowest BCUT2D eigenvalue weighted by molar-refractivity contribution is -0.0391. The van der Waals surface area contributed by atoms with Gasteiger partial charge in [-0.3, -0.25) is 0 Å². The summed E-state index contributed by atoms with van der Waals surface area (Å²) in [6, 6.07) is 0. The molecule has 0 aliphatic heterocycles. The summed E-state index contributed by atoms with van der Waals surface area (Å²) >= 11 is 0. The van der Waals surface area contributed by atoms with Crippen molar-refractivity contribution in [2.75, 3.05) is 0 Å². The van der Waals surface area contributed by atoms with Gasteiger partial charge in [-0.2, -0.15) is 0 Å². The lowest BCUT2D eigenvalue weighted by Gasteiger charge is -2.25. The molecule has 1 fully saturated rings. The van der Waals surface area contributed by atoms with Gasteiger partial charge < -0.3 is 5.21 Å². The van der Waals surface area contributed by atoms with Gasteiger partial charge in [-0.15, -0.1) is 5.16 Å². The molecule has 1 saturated carbocycles. The van der Waals surface area contributed by atoms with Crippen LogP contribution in [0.4, 0.5) is 8.78 Å². The number of nitrogens with zero attached hydrogens (tertiary/aromatic N) is 1. The van der Waals surface area contributed by atoms with E-state index in [4.69, 9.17) is 5.21 Å². The third kappa shape index (κ3) is 2.44. The Bertz CT molecular complexity index is 149. The third-order valence-electron chi connectivity index (χ3n) is 2.04. The number of hydrogen-bond acceptors (Lipinski definition) is 2. The highest BCUT2D eigenvalue weighted by atomic mass is 19.3. The molecule has 0 atom stereocenters. The van der Waals surface area contributed by atoms with Gasteiger partial charge in [0.15, 0.2) is 0 Å². The van der Waals surface area contributed by atoms with Gasteiger partial charge >= 0.3 is 0 Å². The Morgan fingerprint density at radius 2 is 1.91 bits per heavy atom. The van der Waals surface area contributed by atoms with Crippen molar-refractivity contribution in [2.24, 2.45) is 11.1 Å². The van der Waals surface area contributed by atoms with Crippen LogP contribution in [0.25, 0.3) is 0 Å². The summed E-state index contributed by atoms with van der Waals surface area (Å²) in [5, 5.41) is 11.0. The molecule has 1 aliphatic carbocycles. The van der Waals surface area contributed by atoms with E-state index in [1.165, 1.54) is 6.21 Å². The molecule has 0 spiro atoms. The second-order valence-electron chi connectivity index (χ2n) is 2.96. The summed E-state index contributed by atoms with van der Waals surface area (Å²) in [6.07, 6.45) is 2.04. The standard InChI is InChI=1S/C7H11F2NO/c8-7(9)3-1-6(2-4-7)5-10-11/h5-6,11H,1-4H2/b10-5+. The van der Waals surface area contributed by atoms with E-state index in [0.29, 0.717) is 12.8 Å². The van der Waals surface area contributed by atoms with E-state index < -0.39 is 5.92 Å². The number of alkyl halides is 2. The molecule has 1 rings (SSSR count). The molecular formula is C7H11F2NO. The molecule has 64 valence electrons. The Labute approximate surface area is 63.9 Å². The molecular weight excluding hydrogens is 152 g/mol. The average Bonchev–Trinajstić information content (AvgIpc) is 1.94. The Balaban J connectivity index is 2.36. The van der Waals surface area contributed by atoms with E-state index in [-0.39, 0.29) is 18.8 Å². The van der Waals surface area contributed by atoms with Crippen LogP contribution in [0.5, 0.6) is 0 Å². The molecule has 1 N–H and O–H groups in total. The zero-order valence-corrected chi connectivity index (χ0v) is 6.13. The first-order valence-electron chi connectivity index (χ1n) is 3.69. The molecule has 0 amide bonds. The molecule has 0 radical (unpaired) electrons. The second-order valence-corrected chi connectivity index (χ2v) is 2.96. The van der Waals surface area contributed by atoms with Gasteiger partial charge in [0.05, 0.1) is 0 Å². The fourth-order valence-electron chi connectivity index (χ4n) is 1.31. The summed E-state index contributed by atoms with van der Waals surface area (Å²) < 4.78 is 25.0. The highest BCUT2D eigenvalue weighted by molar-refractivity contribution is 5.59. The number of hydrogen-bond donors (Lipinski definition) is 1. The van der Waals surface area contributed by atoms with Crippen LogP contribution >= 0.6 is 0 Å². The molecule has 1 aliphatic rings. The summed E-state index contributed by atoms with van der Waals surface area (Å²) in [5.74, 6) is -2.44. The molecule has 11 heavy (non-hydrogen) atoms. The zero-order valence-electron chi connectivity index (χ0n) is 6.13. The molecule has 0 aromatic heterocycles. The Hall–Kier alpha value is -0.670. The van der Waals surface area contributed by atoms with E-state index in [0.717, 1.165) is 0 Å². The largest absolute Gasteiger partial charge is 0.411 e. The molecule has 2 nitrogen and oxygen atoms in total. The van der Waals surface area contributed by atoms with Gasteiger partial charge in [-0.05, 0) is 18.8 Å². The topological polar surface area (TPSA) is 32.6 Å². The van der Waals surface area contributed by atoms with E-state index >= 15 is 0 Å². The van der Waals surface area contributed by atoms with E-state index in [1.54, 1.807) is 0 Å². The van der Waals surface area contributed by atoms with Crippen LogP contribution in [0, 0.1) is 5.92 Å². The zero-order chi connectivity index (χ0) is 8.32. The maximum atomic E-state index is 12.5. The number of rotatable bonds is 1. The minimum Gasteiger partial charge on any atom is -0.411 e. The molecule has 0 aromatic rings. The van der Waals surface area contributed by atoms with Crippen molar-refractivity contribution in [3.63, 3.8) is 0 Å². The van der Waals surface area contributed by atoms with Crippen LogP contribution in [-0.4, -0.2) is 17.3 Å². The highest BCUT2D eigenvalue weighted by Gasteiger charge is 2.34. The first-order valence-corrected chi connectivity index (χ1v) is 3.69. The molecule has 4 heteroatoms. The fourth-order valence-corrected chi connectivity index (χ4v) is 1.31. The van der Waals surface area contributed by atoms with Crippen LogP contribution in [0.3, 0.4) is 0 Å². The van der Waals surface area contributed by atoms with Crippen molar-refractivity contribution in [3.8, 4) is 0 Å². The van der Waals surface area contributed by atoms with Gasteiger partial charge in [0.25, 0.3) is 0 Å². The van der Waals surface area contributed by atoms with Crippen molar-refractivity contribution < 1.29 is 14.0 Å². The van der Waals surface area contributed by atoms with Gasteiger partial charge in [0.1, 0.15) is 0 Å². The van der Waals surface area contributed by atoms with Crippen LogP contribution in [0.2, 0.25) is 0 Å². The number of halogens is 2. The van der Waals surface area contributed by atoms with Crippen molar-refractivity contribution >= 4 is 6.21 Å². The summed E-state index contributed by atoms with van der Waals surface area (Å²) in [5.41, 5.74) is 0. The maximum absolute atomic E-state index is 12.5. The van der Waals surface area contributed by atoms with Crippen LogP contribution in [-0.2, 0) is 0 Å². The molecule has 0 unspecified atom stereocenters. The first kappa shape index (κ1) is 8.43.